The summed E-state index contributed by atoms with van der Waals surface area (Å²) in [6, 6.07) is 14.7. The highest BCUT2D eigenvalue weighted by atomic mass is 16.6. The van der Waals surface area contributed by atoms with Crippen LogP contribution in [0.3, 0.4) is 0 Å². The number of nitro benzene ring substituents is 1. The van der Waals surface area contributed by atoms with Gasteiger partial charge in [0.25, 0.3) is 5.69 Å². The van der Waals surface area contributed by atoms with Gasteiger partial charge in [-0.1, -0.05) is 36.4 Å². The summed E-state index contributed by atoms with van der Waals surface area (Å²) in [7, 11) is 0. The number of carbonyl (C=O) groups excluding carboxylic acids is 1. The molecule has 2 aliphatic rings. The fraction of sp³-hybridized carbons (Fsp3) is 0.167. The van der Waals surface area contributed by atoms with Crippen molar-refractivity contribution in [3.05, 3.63) is 80.9 Å². The highest BCUT2D eigenvalue weighted by Crippen LogP contribution is 2.47. The number of amides is 1. The molecule has 0 radical (unpaired) electrons. The van der Waals surface area contributed by atoms with E-state index in [0.717, 1.165) is 28.0 Å². The van der Waals surface area contributed by atoms with Crippen molar-refractivity contribution in [3.8, 4) is 0 Å². The van der Waals surface area contributed by atoms with Crippen LogP contribution in [-0.4, -0.2) is 10.8 Å². The van der Waals surface area contributed by atoms with Crippen LogP contribution in [0.2, 0.25) is 0 Å². The smallest absolute Gasteiger partial charge is 0.269 e. The predicted molar refractivity (Wildman–Crippen MR) is 85.7 cm³/mol. The second kappa shape index (κ2) is 5.05. The van der Waals surface area contributed by atoms with Crippen LogP contribution in [0.4, 0.5) is 5.69 Å². The van der Waals surface area contributed by atoms with Crippen molar-refractivity contribution in [2.45, 2.75) is 18.8 Å². The van der Waals surface area contributed by atoms with Crippen LogP contribution in [0.25, 0.3) is 5.70 Å². The molecule has 1 heterocycles. The molecule has 1 atom stereocenters. The summed E-state index contributed by atoms with van der Waals surface area (Å²) in [5.41, 5.74) is 5.13. The summed E-state index contributed by atoms with van der Waals surface area (Å²) in [6.07, 6.45) is 1.14. The number of hydrogen-bond acceptors (Lipinski definition) is 3. The van der Waals surface area contributed by atoms with Crippen LogP contribution < -0.4 is 5.32 Å². The Balaban J connectivity index is 1.89. The summed E-state index contributed by atoms with van der Waals surface area (Å²) in [4.78, 5) is 22.5. The van der Waals surface area contributed by atoms with Crippen molar-refractivity contribution in [3.63, 3.8) is 0 Å². The van der Waals surface area contributed by atoms with Gasteiger partial charge in [-0.25, -0.2) is 0 Å². The summed E-state index contributed by atoms with van der Waals surface area (Å²) in [6.45, 7) is 0. The fourth-order valence-corrected chi connectivity index (χ4v) is 3.55. The topological polar surface area (TPSA) is 72.2 Å². The molecular formula is C18H14N2O3. The molecule has 1 aliphatic heterocycles. The van der Waals surface area contributed by atoms with Gasteiger partial charge in [0, 0.05) is 35.7 Å². The number of nitrogens with one attached hydrogen (secondary N) is 1. The average molecular weight is 306 g/mol. The SMILES string of the molecule is O=C1CCC2=C(N1)c1ccccc1C2c1cccc([N+](=O)[O-])c1. The Bertz CT molecular complexity index is 870. The van der Waals surface area contributed by atoms with Crippen LogP contribution in [-0.2, 0) is 4.79 Å². The van der Waals surface area contributed by atoms with E-state index in [0.29, 0.717) is 12.8 Å². The zero-order valence-corrected chi connectivity index (χ0v) is 12.3. The first-order valence-corrected chi connectivity index (χ1v) is 7.51. The molecule has 4 rings (SSSR count). The van der Waals surface area contributed by atoms with Crippen molar-refractivity contribution in [2.24, 2.45) is 0 Å². The molecule has 0 aromatic heterocycles. The van der Waals surface area contributed by atoms with Crippen LogP contribution in [0.5, 0.6) is 0 Å². The molecule has 0 saturated carbocycles. The number of carbonyl (C=O) groups is 1. The Morgan fingerprint density at radius 2 is 1.91 bits per heavy atom. The van der Waals surface area contributed by atoms with Gasteiger partial charge in [-0.2, -0.15) is 0 Å². The van der Waals surface area contributed by atoms with Crippen LogP contribution in [0, 0.1) is 10.1 Å². The zero-order chi connectivity index (χ0) is 16.0. The first kappa shape index (κ1) is 13.7. The molecule has 114 valence electrons. The molecule has 0 fully saturated rings. The van der Waals surface area contributed by atoms with Crippen LogP contribution >= 0.6 is 0 Å². The molecule has 0 saturated heterocycles. The Morgan fingerprint density at radius 1 is 1.09 bits per heavy atom. The van der Waals surface area contributed by atoms with Crippen LogP contribution in [0.1, 0.15) is 35.4 Å². The Hall–Kier alpha value is -2.95. The van der Waals surface area contributed by atoms with Gasteiger partial charge in [-0.3, -0.25) is 14.9 Å². The largest absolute Gasteiger partial charge is 0.326 e. The van der Waals surface area contributed by atoms with Gasteiger partial charge in [0.1, 0.15) is 0 Å². The molecule has 0 bridgehead atoms. The lowest BCUT2D eigenvalue weighted by molar-refractivity contribution is -0.384. The number of hydrogen-bond donors (Lipinski definition) is 1. The Kier molecular flexibility index (Phi) is 3.01. The lowest BCUT2D eigenvalue weighted by atomic mass is 9.86. The van der Waals surface area contributed by atoms with Crippen molar-refractivity contribution in [1.29, 1.82) is 0 Å². The minimum atomic E-state index is -0.373. The highest BCUT2D eigenvalue weighted by Gasteiger charge is 2.35. The molecule has 1 unspecified atom stereocenters. The molecule has 1 N–H and O–H groups in total. The summed E-state index contributed by atoms with van der Waals surface area (Å²) in [5.74, 6) is -0.0000507. The molecule has 0 spiro atoms. The summed E-state index contributed by atoms with van der Waals surface area (Å²) < 4.78 is 0. The minimum absolute atomic E-state index is 0.0262. The molecule has 2 aromatic rings. The van der Waals surface area contributed by atoms with E-state index in [1.807, 2.05) is 30.3 Å². The Labute approximate surface area is 132 Å². The molecule has 2 aromatic carbocycles. The van der Waals surface area contributed by atoms with Gasteiger partial charge in [-0.15, -0.1) is 0 Å². The molecule has 23 heavy (non-hydrogen) atoms. The number of nitro groups is 1. The maximum atomic E-state index is 11.8. The van der Waals surface area contributed by atoms with Gasteiger partial charge in [-0.05, 0) is 23.1 Å². The predicted octanol–water partition coefficient (Wildman–Crippen LogP) is 3.36. The van der Waals surface area contributed by atoms with E-state index >= 15 is 0 Å². The van der Waals surface area contributed by atoms with E-state index < -0.39 is 0 Å². The third kappa shape index (κ3) is 2.12. The van der Waals surface area contributed by atoms with Crippen molar-refractivity contribution in [2.75, 3.05) is 0 Å². The average Bonchev–Trinajstić information content (AvgIpc) is 2.89. The van der Waals surface area contributed by atoms with E-state index in [1.54, 1.807) is 12.1 Å². The van der Waals surface area contributed by atoms with Gasteiger partial charge in [0.15, 0.2) is 0 Å². The van der Waals surface area contributed by atoms with Gasteiger partial charge in [0.2, 0.25) is 5.91 Å². The standard InChI is InChI=1S/C18H14N2O3/c21-16-9-8-15-17(11-4-3-5-12(10-11)20(22)23)13-6-1-2-7-14(13)18(15)19-16/h1-7,10,17H,8-9H2,(H,19,21). The zero-order valence-electron chi connectivity index (χ0n) is 12.3. The molecule has 5 heteroatoms. The number of fused-ring (bicyclic) bond motifs is 2. The summed E-state index contributed by atoms with van der Waals surface area (Å²) >= 11 is 0. The normalized spacial score (nSPS) is 19.1. The van der Waals surface area contributed by atoms with E-state index in [4.69, 9.17) is 0 Å². The summed E-state index contributed by atoms with van der Waals surface area (Å²) in [5, 5.41) is 14.1. The quantitative estimate of drug-likeness (QED) is 0.683. The Morgan fingerprint density at radius 3 is 2.74 bits per heavy atom. The number of nitrogens with zero attached hydrogens (tertiary/aromatic N) is 1. The van der Waals surface area contributed by atoms with Gasteiger partial charge >= 0.3 is 0 Å². The van der Waals surface area contributed by atoms with Gasteiger partial charge in [0.05, 0.1) is 4.92 Å². The third-order valence-corrected chi connectivity index (χ3v) is 4.51. The number of non-ortho nitro benzene ring substituents is 1. The molecule has 5 nitrogen and oxygen atoms in total. The first-order chi connectivity index (χ1) is 11.1. The second-order valence-electron chi connectivity index (χ2n) is 5.82. The van der Waals surface area contributed by atoms with Crippen LogP contribution in [0.15, 0.2) is 54.1 Å². The minimum Gasteiger partial charge on any atom is -0.326 e. The fourth-order valence-electron chi connectivity index (χ4n) is 3.55. The van der Waals surface area contributed by atoms with E-state index in [9.17, 15) is 14.9 Å². The lowest BCUT2D eigenvalue weighted by Gasteiger charge is -2.20. The first-order valence-electron chi connectivity index (χ1n) is 7.51. The highest BCUT2D eigenvalue weighted by molar-refractivity contribution is 5.94. The monoisotopic (exact) mass is 306 g/mol. The van der Waals surface area contributed by atoms with Crippen molar-refractivity contribution < 1.29 is 9.72 Å². The number of allylic oxidation sites excluding steroid dienone is 1. The maximum Gasteiger partial charge on any atom is 0.269 e. The molecule has 1 amide bonds. The van der Waals surface area contributed by atoms with Crippen molar-refractivity contribution in [1.82, 2.24) is 5.32 Å². The van der Waals surface area contributed by atoms with E-state index in [-0.39, 0.29) is 22.4 Å². The van der Waals surface area contributed by atoms with Crippen molar-refractivity contribution >= 4 is 17.3 Å². The second-order valence-corrected chi connectivity index (χ2v) is 5.82. The number of rotatable bonds is 2. The number of benzene rings is 2. The molecular weight excluding hydrogens is 292 g/mol. The molecule has 1 aliphatic carbocycles. The van der Waals surface area contributed by atoms with Gasteiger partial charge < -0.3 is 5.32 Å². The van der Waals surface area contributed by atoms with E-state index in [2.05, 4.69) is 5.32 Å². The third-order valence-electron chi connectivity index (χ3n) is 4.51. The lowest BCUT2D eigenvalue weighted by Crippen LogP contribution is -2.26. The van der Waals surface area contributed by atoms with E-state index in [1.165, 1.54) is 6.07 Å². The maximum absolute atomic E-state index is 11.8.